The van der Waals surface area contributed by atoms with Gasteiger partial charge in [-0.05, 0) is 32.4 Å². The summed E-state index contributed by atoms with van der Waals surface area (Å²) >= 11 is 0. The average Bonchev–Trinajstić information content (AvgIpc) is 2.67. The molecule has 80 valence electrons. The molecule has 0 spiro atoms. The van der Waals surface area contributed by atoms with E-state index in [-0.39, 0.29) is 11.9 Å². The summed E-state index contributed by atoms with van der Waals surface area (Å²) in [6.07, 6.45) is 2.05. The number of carbonyl (C=O) groups is 1. The molecule has 0 saturated carbocycles. The molecule has 0 radical (unpaired) electrons. The number of nitrogens with two attached hydrogens (primary N) is 1. The van der Waals surface area contributed by atoms with Gasteiger partial charge in [-0.2, -0.15) is 0 Å². The average molecular weight is 197 g/mol. The van der Waals surface area contributed by atoms with E-state index < -0.39 is 0 Å². The molecule has 2 N–H and O–H groups in total. The van der Waals surface area contributed by atoms with E-state index in [1.807, 2.05) is 4.90 Å². The number of hydrogen-bond donors (Lipinski definition) is 1. The first-order valence-electron chi connectivity index (χ1n) is 5.39. The molecular formula is C10H19N3O. The van der Waals surface area contributed by atoms with Crippen molar-refractivity contribution in [3.8, 4) is 0 Å². The Bertz CT molecular complexity index is 231. The third-order valence-corrected chi connectivity index (χ3v) is 3.31. The molecule has 2 aliphatic heterocycles. The Morgan fingerprint density at radius 2 is 2.21 bits per heavy atom. The number of nitrogens with zero attached hydrogens (tertiary/aromatic N) is 2. The number of hydrogen-bond acceptors (Lipinski definition) is 3. The molecule has 0 aliphatic carbocycles. The third kappa shape index (κ3) is 1.91. The standard InChI is InChI=1S/C10H19N3O/c1-12-4-2-8(6-12)7-13-5-3-9(11)10(13)14/h8-9H,2-7,11H2,1H3. The van der Waals surface area contributed by atoms with E-state index >= 15 is 0 Å². The van der Waals surface area contributed by atoms with Crippen LogP contribution in [0.3, 0.4) is 0 Å². The van der Waals surface area contributed by atoms with E-state index in [2.05, 4.69) is 11.9 Å². The normalized spacial score (nSPS) is 34.4. The van der Waals surface area contributed by atoms with Crippen LogP contribution in [-0.2, 0) is 4.79 Å². The smallest absolute Gasteiger partial charge is 0.239 e. The molecule has 0 aromatic rings. The summed E-state index contributed by atoms with van der Waals surface area (Å²) < 4.78 is 0. The van der Waals surface area contributed by atoms with Crippen molar-refractivity contribution in [2.24, 2.45) is 11.7 Å². The molecule has 0 bridgehead atoms. The van der Waals surface area contributed by atoms with Crippen LogP contribution in [0.25, 0.3) is 0 Å². The Labute approximate surface area is 85.0 Å². The molecule has 2 atom stereocenters. The molecule has 2 fully saturated rings. The van der Waals surface area contributed by atoms with Gasteiger partial charge >= 0.3 is 0 Å². The summed E-state index contributed by atoms with van der Waals surface area (Å²) in [6, 6.07) is -0.228. The van der Waals surface area contributed by atoms with Crippen LogP contribution in [0, 0.1) is 5.92 Å². The van der Waals surface area contributed by atoms with Crippen LogP contribution in [0.5, 0.6) is 0 Å². The Morgan fingerprint density at radius 1 is 1.43 bits per heavy atom. The molecule has 0 aromatic heterocycles. The highest BCUT2D eigenvalue weighted by molar-refractivity contribution is 5.83. The van der Waals surface area contributed by atoms with Gasteiger partial charge in [0, 0.05) is 19.6 Å². The van der Waals surface area contributed by atoms with Gasteiger partial charge in [0.25, 0.3) is 0 Å². The second-order valence-electron chi connectivity index (χ2n) is 4.60. The zero-order valence-corrected chi connectivity index (χ0v) is 8.78. The van der Waals surface area contributed by atoms with Crippen molar-refractivity contribution in [3.05, 3.63) is 0 Å². The van der Waals surface area contributed by atoms with E-state index in [9.17, 15) is 4.79 Å². The highest BCUT2D eigenvalue weighted by Gasteiger charge is 2.31. The zero-order chi connectivity index (χ0) is 10.1. The maximum absolute atomic E-state index is 11.6. The van der Waals surface area contributed by atoms with E-state index in [0.717, 1.165) is 26.1 Å². The van der Waals surface area contributed by atoms with Crippen molar-refractivity contribution in [2.75, 3.05) is 33.2 Å². The predicted molar refractivity (Wildman–Crippen MR) is 54.8 cm³/mol. The van der Waals surface area contributed by atoms with Gasteiger partial charge in [-0.3, -0.25) is 4.79 Å². The lowest BCUT2D eigenvalue weighted by Gasteiger charge is -2.20. The van der Waals surface area contributed by atoms with E-state index in [1.54, 1.807) is 0 Å². The van der Waals surface area contributed by atoms with Crippen LogP contribution in [0.15, 0.2) is 0 Å². The van der Waals surface area contributed by atoms with Crippen LogP contribution in [-0.4, -0.2) is 55.0 Å². The lowest BCUT2D eigenvalue weighted by molar-refractivity contribution is -0.129. The van der Waals surface area contributed by atoms with Gasteiger partial charge in [0.1, 0.15) is 0 Å². The summed E-state index contributed by atoms with van der Waals surface area (Å²) in [5.74, 6) is 0.814. The molecule has 14 heavy (non-hydrogen) atoms. The minimum atomic E-state index is -0.228. The molecule has 2 saturated heterocycles. The number of likely N-dealkylation sites (tertiary alicyclic amines) is 2. The monoisotopic (exact) mass is 197 g/mol. The molecule has 4 heteroatoms. The van der Waals surface area contributed by atoms with Gasteiger partial charge in [-0.1, -0.05) is 0 Å². The molecular weight excluding hydrogens is 178 g/mol. The van der Waals surface area contributed by atoms with Gasteiger partial charge < -0.3 is 15.5 Å². The molecule has 2 heterocycles. The summed E-state index contributed by atoms with van der Waals surface area (Å²) in [4.78, 5) is 15.8. The van der Waals surface area contributed by atoms with Crippen LogP contribution >= 0.6 is 0 Å². The summed E-state index contributed by atoms with van der Waals surface area (Å²) in [5, 5.41) is 0. The fraction of sp³-hybridized carbons (Fsp3) is 0.900. The van der Waals surface area contributed by atoms with Crippen molar-refractivity contribution in [2.45, 2.75) is 18.9 Å². The first-order chi connectivity index (χ1) is 6.66. The Hall–Kier alpha value is -0.610. The van der Waals surface area contributed by atoms with Crippen LogP contribution in [0.4, 0.5) is 0 Å². The molecule has 1 amide bonds. The Balaban J connectivity index is 1.83. The van der Waals surface area contributed by atoms with E-state index in [1.165, 1.54) is 13.0 Å². The van der Waals surface area contributed by atoms with Crippen molar-refractivity contribution in [1.29, 1.82) is 0 Å². The molecule has 2 unspecified atom stereocenters. The quantitative estimate of drug-likeness (QED) is 0.649. The van der Waals surface area contributed by atoms with Crippen LogP contribution in [0.2, 0.25) is 0 Å². The maximum Gasteiger partial charge on any atom is 0.239 e. The van der Waals surface area contributed by atoms with Gasteiger partial charge in [0.05, 0.1) is 6.04 Å². The van der Waals surface area contributed by atoms with Gasteiger partial charge in [0.15, 0.2) is 0 Å². The lowest BCUT2D eigenvalue weighted by Crippen LogP contribution is -2.37. The highest BCUT2D eigenvalue weighted by atomic mass is 16.2. The van der Waals surface area contributed by atoms with Gasteiger partial charge in [0.2, 0.25) is 5.91 Å². The van der Waals surface area contributed by atoms with Crippen molar-refractivity contribution < 1.29 is 4.79 Å². The number of rotatable bonds is 2. The summed E-state index contributed by atoms with van der Waals surface area (Å²) in [5.41, 5.74) is 5.67. The van der Waals surface area contributed by atoms with Crippen LogP contribution < -0.4 is 5.73 Å². The van der Waals surface area contributed by atoms with Gasteiger partial charge in [-0.15, -0.1) is 0 Å². The minimum absolute atomic E-state index is 0.152. The number of amides is 1. The van der Waals surface area contributed by atoms with Crippen molar-refractivity contribution in [1.82, 2.24) is 9.80 Å². The van der Waals surface area contributed by atoms with E-state index in [4.69, 9.17) is 5.73 Å². The maximum atomic E-state index is 11.6. The second-order valence-corrected chi connectivity index (χ2v) is 4.60. The van der Waals surface area contributed by atoms with Crippen LogP contribution in [0.1, 0.15) is 12.8 Å². The molecule has 4 nitrogen and oxygen atoms in total. The van der Waals surface area contributed by atoms with Crippen molar-refractivity contribution >= 4 is 5.91 Å². The second kappa shape index (κ2) is 3.87. The Kier molecular flexibility index (Phi) is 2.74. The fourth-order valence-corrected chi connectivity index (χ4v) is 2.43. The Morgan fingerprint density at radius 3 is 2.71 bits per heavy atom. The zero-order valence-electron chi connectivity index (χ0n) is 8.78. The molecule has 2 rings (SSSR count). The minimum Gasteiger partial charge on any atom is -0.341 e. The number of carbonyl (C=O) groups excluding carboxylic acids is 1. The molecule has 0 aromatic carbocycles. The highest BCUT2D eigenvalue weighted by Crippen LogP contribution is 2.18. The largest absolute Gasteiger partial charge is 0.341 e. The molecule has 2 aliphatic rings. The van der Waals surface area contributed by atoms with E-state index in [0.29, 0.717) is 5.92 Å². The third-order valence-electron chi connectivity index (χ3n) is 3.31. The fourth-order valence-electron chi connectivity index (χ4n) is 2.43. The van der Waals surface area contributed by atoms with Gasteiger partial charge in [-0.25, -0.2) is 0 Å². The first kappa shape index (κ1) is 9.93. The topological polar surface area (TPSA) is 49.6 Å². The predicted octanol–water partition coefficient (Wildman–Crippen LogP) is -0.502. The summed E-state index contributed by atoms with van der Waals surface area (Å²) in [7, 11) is 2.14. The first-order valence-corrected chi connectivity index (χ1v) is 5.39. The SMILES string of the molecule is CN1CCC(CN2CCC(N)C2=O)C1. The lowest BCUT2D eigenvalue weighted by atomic mass is 10.1. The summed E-state index contributed by atoms with van der Waals surface area (Å²) in [6.45, 7) is 4.06. The van der Waals surface area contributed by atoms with Crippen molar-refractivity contribution in [3.63, 3.8) is 0 Å².